The topological polar surface area (TPSA) is 75.4 Å². The molecule has 1 fully saturated rings. The zero-order chi connectivity index (χ0) is 19.7. The number of carboxylic acids is 1. The molecule has 3 aromatic rings. The third-order valence-corrected chi connectivity index (χ3v) is 5.43. The Labute approximate surface area is 163 Å². The van der Waals surface area contributed by atoms with E-state index < -0.39 is 5.97 Å². The first-order valence-electron chi connectivity index (χ1n) is 9.65. The zero-order valence-electron chi connectivity index (χ0n) is 15.8. The van der Waals surface area contributed by atoms with Crippen LogP contribution in [-0.4, -0.2) is 38.0 Å². The molecule has 1 N–H and O–H groups in total. The molecule has 1 unspecified atom stereocenters. The summed E-state index contributed by atoms with van der Waals surface area (Å²) in [6.45, 7) is 3.64. The second-order valence-corrected chi connectivity index (χ2v) is 7.13. The Morgan fingerprint density at radius 3 is 2.61 bits per heavy atom. The van der Waals surface area contributed by atoms with Crippen LogP contribution >= 0.6 is 0 Å². The monoisotopic (exact) mass is 377 g/mol. The number of carbonyl (C=O) groups excluding carboxylic acids is 1. The van der Waals surface area contributed by atoms with Gasteiger partial charge in [-0.15, -0.1) is 0 Å². The van der Waals surface area contributed by atoms with Crippen molar-refractivity contribution >= 4 is 22.9 Å². The lowest BCUT2D eigenvalue weighted by molar-refractivity contribution is -0.131. The van der Waals surface area contributed by atoms with Crippen LogP contribution in [0.15, 0.2) is 48.5 Å². The van der Waals surface area contributed by atoms with E-state index in [2.05, 4.69) is 17.6 Å². The second-order valence-electron chi connectivity index (χ2n) is 7.13. The highest BCUT2D eigenvalue weighted by Gasteiger charge is 2.33. The van der Waals surface area contributed by atoms with E-state index in [-0.39, 0.29) is 23.9 Å². The molecule has 1 aliphatic rings. The maximum absolute atomic E-state index is 13.0. The Hall–Kier alpha value is -3.15. The van der Waals surface area contributed by atoms with Gasteiger partial charge in [0.15, 0.2) is 0 Å². The molecule has 1 saturated heterocycles. The predicted molar refractivity (Wildman–Crippen MR) is 106 cm³/mol. The van der Waals surface area contributed by atoms with Gasteiger partial charge in [0.05, 0.1) is 29.1 Å². The molecule has 2 aromatic carbocycles. The van der Waals surface area contributed by atoms with Crippen LogP contribution in [-0.2, 0) is 17.8 Å². The molecule has 6 heteroatoms. The van der Waals surface area contributed by atoms with Gasteiger partial charge in [-0.3, -0.25) is 4.79 Å². The number of nitrogens with zero attached hydrogens (tertiary/aromatic N) is 3. The molecular formula is C22H23N3O3. The molecule has 0 aliphatic carbocycles. The molecule has 2 heterocycles. The van der Waals surface area contributed by atoms with Crippen molar-refractivity contribution in [2.45, 2.75) is 38.8 Å². The molecule has 1 atom stereocenters. The fourth-order valence-corrected chi connectivity index (χ4v) is 4.06. The lowest BCUT2D eigenvalue weighted by Gasteiger charge is -2.25. The molecule has 1 aliphatic heterocycles. The Morgan fingerprint density at radius 1 is 1.14 bits per heavy atom. The molecule has 1 amide bonds. The van der Waals surface area contributed by atoms with E-state index in [0.717, 1.165) is 48.4 Å². The molecule has 0 spiro atoms. The average Bonchev–Trinajstić information content (AvgIpc) is 3.32. The van der Waals surface area contributed by atoms with Crippen molar-refractivity contribution in [1.29, 1.82) is 0 Å². The molecule has 144 valence electrons. The summed E-state index contributed by atoms with van der Waals surface area (Å²) in [5, 5.41) is 9.02. The largest absolute Gasteiger partial charge is 0.478 e. The number of para-hydroxylation sites is 2. The highest BCUT2D eigenvalue weighted by atomic mass is 16.4. The summed E-state index contributed by atoms with van der Waals surface area (Å²) in [5.41, 5.74) is 3.11. The fourth-order valence-electron chi connectivity index (χ4n) is 4.06. The first kappa shape index (κ1) is 18.2. The van der Waals surface area contributed by atoms with Gasteiger partial charge in [0, 0.05) is 13.1 Å². The number of aryl methyl sites for hydroxylation is 1. The third kappa shape index (κ3) is 3.26. The standard InChI is InChI=1S/C22H23N3O3/c1-2-24-18-7-4-3-6-17(18)23-21(24)19-8-5-13-25(19)20(26)14-15-9-11-16(12-10-15)22(27)28/h3-4,6-7,9-12,19H,2,5,8,13-14H2,1H3,(H,27,28). The van der Waals surface area contributed by atoms with Crippen LogP contribution in [0, 0.1) is 0 Å². The highest BCUT2D eigenvalue weighted by Crippen LogP contribution is 2.33. The SMILES string of the molecule is CCn1c(C2CCCN2C(=O)Cc2ccc(C(=O)O)cc2)nc2ccccc21. The Kier molecular flexibility index (Phi) is 4.86. The maximum atomic E-state index is 13.0. The zero-order valence-corrected chi connectivity index (χ0v) is 15.8. The van der Waals surface area contributed by atoms with E-state index in [1.54, 1.807) is 24.3 Å². The van der Waals surface area contributed by atoms with E-state index in [4.69, 9.17) is 10.1 Å². The fraction of sp³-hybridized carbons (Fsp3) is 0.318. The van der Waals surface area contributed by atoms with Crippen molar-refractivity contribution in [2.75, 3.05) is 6.54 Å². The number of likely N-dealkylation sites (tertiary alicyclic amines) is 1. The van der Waals surface area contributed by atoms with E-state index >= 15 is 0 Å². The summed E-state index contributed by atoms with van der Waals surface area (Å²) in [6.07, 6.45) is 2.14. The van der Waals surface area contributed by atoms with Gasteiger partial charge in [-0.05, 0) is 49.6 Å². The van der Waals surface area contributed by atoms with Crippen LogP contribution in [0.5, 0.6) is 0 Å². The highest BCUT2D eigenvalue weighted by molar-refractivity contribution is 5.88. The number of fused-ring (bicyclic) bond motifs is 1. The smallest absolute Gasteiger partial charge is 0.335 e. The maximum Gasteiger partial charge on any atom is 0.335 e. The molecule has 1 aromatic heterocycles. The number of amides is 1. The van der Waals surface area contributed by atoms with Crippen molar-refractivity contribution in [3.05, 3.63) is 65.5 Å². The summed E-state index contributed by atoms with van der Waals surface area (Å²) < 4.78 is 2.20. The number of carbonyl (C=O) groups is 2. The van der Waals surface area contributed by atoms with Gasteiger partial charge in [-0.25, -0.2) is 9.78 Å². The van der Waals surface area contributed by atoms with Crippen LogP contribution < -0.4 is 0 Å². The summed E-state index contributed by atoms with van der Waals surface area (Å²) >= 11 is 0. The summed E-state index contributed by atoms with van der Waals surface area (Å²) in [6, 6.07) is 14.6. The van der Waals surface area contributed by atoms with Gasteiger partial charge in [0.2, 0.25) is 5.91 Å². The number of aromatic nitrogens is 2. The van der Waals surface area contributed by atoms with Gasteiger partial charge in [-0.2, -0.15) is 0 Å². The third-order valence-electron chi connectivity index (χ3n) is 5.43. The van der Waals surface area contributed by atoms with Crippen molar-refractivity contribution in [2.24, 2.45) is 0 Å². The Bertz CT molecular complexity index is 1020. The number of imidazole rings is 1. The van der Waals surface area contributed by atoms with E-state index in [0.29, 0.717) is 0 Å². The van der Waals surface area contributed by atoms with Crippen LogP contribution in [0.2, 0.25) is 0 Å². The number of carboxylic acid groups (broad SMARTS) is 1. The van der Waals surface area contributed by atoms with Gasteiger partial charge in [0.1, 0.15) is 5.82 Å². The van der Waals surface area contributed by atoms with Gasteiger partial charge in [-0.1, -0.05) is 24.3 Å². The van der Waals surface area contributed by atoms with Crippen molar-refractivity contribution in [3.63, 3.8) is 0 Å². The van der Waals surface area contributed by atoms with Gasteiger partial charge in [0.25, 0.3) is 0 Å². The molecule has 0 saturated carbocycles. The van der Waals surface area contributed by atoms with Crippen LogP contribution in [0.25, 0.3) is 11.0 Å². The Morgan fingerprint density at radius 2 is 1.89 bits per heavy atom. The number of aromatic carboxylic acids is 1. The molecule has 6 nitrogen and oxygen atoms in total. The summed E-state index contributed by atoms with van der Waals surface area (Å²) in [7, 11) is 0. The second kappa shape index (κ2) is 7.46. The van der Waals surface area contributed by atoms with Crippen molar-refractivity contribution in [3.8, 4) is 0 Å². The lowest BCUT2D eigenvalue weighted by Crippen LogP contribution is -2.33. The van der Waals surface area contributed by atoms with Crippen LogP contribution in [0.1, 0.15) is 47.6 Å². The molecular weight excluding hydrogens is 354 g/mol. The number of rotatable bonds is 5. The number of hydrogen-bond donors (Lipinski definition) is 1. The van der Waals surface area contributed by atoms with E-state index in [1.807, 2.05) is 23.1 Å². The summed E-state index contributed by atoms with van der Waals surface area (Å²) in [4.78, 5) is 30.8. The average molecular weight is 377 g/mol. The molecule has 0 bridgehead atoms. The number of hydrogen-bond acceptors (Lipinski definition) is 3. The lowest BCUT2D eigenvalue weighted by atomic mass is 10.1. The normalized spacial score (nSPS) is 16.6. The minimum absolute atomic E-state index is 0.0156. The number of benzene rings is 2. The van der Waals surface area contributed by atoms with Crippen LogP contribution in [0.4, 0.5) is 0 Å². The predicted octanol–water partition coefficient (Wildman–Crippen LogP) is 3.66. The van der Waals surface area contributed by atoms with Crippen LogP contribution in [0.3, 0.4) is 0 Å². The van der Waals surface area contributed by atoms with E-state index in [1.165, 1.54) is 0 Å². The van der Waals surface area contributed by atoms with Crippen molar-refractivity contribution in [1.82, 2.24) is 14.5 Å². The quantitative estimate of drug-likeness (QED) is 0.736. The Balaban J connectivity index is 1.58. The minimum Gasteiger partial charge on any atom is -0.478 e. The first-order valence-corrected chi connectivity index (χ1v) is 9.65. The van der Waals surface area contributed by atoms with Gasteiger partial charge >= 0.3 is 5.97 Å². The molecule has 0 radical (unpaired) electrons. The first-order chi connectivity index (χ1) is 13.6. The molecule has 28 heavy (non-hydrogen) atoms. The summed E-state index contributed by atoms with van der Waals surface area (Å²) in [5.74, 6) is 0.0482. The minimum atomic E-state index is -0.962. The molecule has 4 rings (SSSR count). The van der Waals surface area contributed by atoms with Gasteiger partial charge < -0.3 is 14.6 Å². The van der Waals surface area contributed by atoms with E-state index in [9.17, 15) is 9.59 Å². The van der Waals surface area contributed by atoms with Crippen molar-refractivity contribution < 1.29 is 14.7 Å².